The van der Waals surface area contributed by atoms with Gasteiger partial charge in [0.1, 0.15) is 6.54 Å². The number of urea groups is 1. The van der Waals surface area contributed by atoms with Gasteiger partial charge in [0.25, 0.3) is 0 Å². The van der Waals surface area contributed by atoms with Crippen molar-refractivity contribution in [2.24, 2.45) is 0 Å². The van der Waals surface area contributed by atoms with Crippen molar-refractivity contribution in [3.63, 3.8) is 0 Å². The molecule has 2 heterocycles. The van der Waals surface area contributed by atoms with Crippen molar-refractivity contribution >= 4 is 39.3 Å². The third kappa shape index (κ3) is 3.77. The molecule has 2 aliphatic rings. The van der Waals surface area contributed by atoms with Gasteiger partial charge in [0.15, 0.2) is 9.84 Å². The fraction of sp³-hybridized carbons (Fsp3) is 0.444. The monoisotopic (exact) mass is 407 g/mol. The first kappa shape index (κ1) is 20.0. The van der Waals surface area contributed by atoms with E-state index in [0.29, 0.717) is 17.0 Å². The molecule has 0 saturated carbocycles. The standard InChI is InChI=1S/C18H21N3O6S/c1-2-9-19-16(23)17(24)20(18(19)25)11-15(22)21(13-6-4-3-5-7-13)14-8-10-28(26,27)12-14/h3-7,14H,2,8-12H2,1H3/t14-/m1/s1. The topological polar surface area (TPSA) is 112 Å². The van der Waals surface area contributed by atoms with Crippen LogP contribution in [-0.2, 0) is 24.2 Å². The average Bonchev–Trinajstić information content (AvgIpc) is 3.10. The molecule has 0 aliphatic carbocycles. The SMILES string of the molecule is CCCN1C(=O)C(=O)N(CC(=O)N(c2ccccc2)[C@@H]2CCS(=O)(=O)C2)C1=O. The summed E-state index contributed by atoms with van der Waals surface area (Å²) in [5, 5.41) is 0. The lowest BCUT2D eigenvalue weighted by Gasteiger charge is -2.29. The highest BCUT2D eigenvalue weighted by Gasteiger charge is 2.46. The normalized spacial score (nSPS) is 21.5. The van der Waals surface area contributed by atoms with E-state index in [2.05, 4.69) is 0 Å². The number of hydrogen-bond acceptors (Lipinski definition) is 6. The van der Waals surface area contributed by atoms with Crippen LogP contribution in [0, 0.1) is 0 Å². The van der Waals surface area contributed by atoms with E-state index < -0.39 is 46.2 Å². The lowest BCUT2D eigenvalue weighted by atomic mass is 10.1. The molecule has 5 amide bonds. The van der Waals surface area contributed by atoms with E-state index in [4.69, 9.17) is 0 Å². The zero-order valence-corrected chi connectivity index (χ0v) is 16.2. The Morgan fingerprint density at radius 2 is 1.75 bits per heavy atom. The largest absolute Gasteiger partial charge is 0.334 e. The summed E-state index contributed by atoms with van der Waals surface area (Å²) in [5.74, 6) is -2.82. The zero-order chi connectivity index (χ0) is 20.5. The van der Waals surface area contributed by atoms with Crippen LogP contribution < -0.4 is 4.90 Å². The predicted octanol–water partition coefficient (Wildman–Crippen LogP) is 0.407. The molecular formula is C18H21N3O6S. The minimum Gasteiger partial charge on any atom is -0.307 e. The number of amides is 5. The molecule has 0 aromatic heterocycles. The molecule has 10 heteroatoms. The zero-order valence-electron chi connectivity index (χ0n) is 15.4. The average molecular weight is 407 g/mol. The number of hydrogen-bond donors (Lipinski definition) is 0. The Hall–Kier alpha value is -2.75. The molecule has 0 radical (unpaired) electrons. The van der Waals surface area contributed by atoms with E-state index in [0.717, 1.165) is 4.90 Å². The summed E-state index contributed by atoms with van der Waals surface area (Å²) in [4.78, 5) is 52.3. The summed E-state index contributed by atoms with van der Waals surface area (Å²) >= 11 is 0. The van der Waals surface area contributed by atoms with Gasteiger partial charge in [-0.15, -0.1) is 0 Å². The Balaban J connectivity index is 1.85. The van der Waals surface area contributed by atoms with Crippen LogP contribution in [0.1, 0.15) is 19.8 Å². The number of rotatable bonds is 6. The van der Waals surface area contributed by atoms with Gasteiger partial charge in [0.05, 0.1) is 17.5 Å². The van der Waals surface area contributed by atoms with E-state index in [1.54, 1.807) is 37.3 Å². The van der Waals surface area contributed by atoms with Crippen molar-refractivity contribution in [2.45, 2.75) is 25.8 Å². The summed E-state index contributed by atoms with van der Waals surface area (Å²) in [7, 11) is -3.26. The molecule has 1 atom stereocenters. The van der Waals surface area contributed by atoms with Crippen LogP contribution in [0.5, 0.6) is 0 Å². The van der Waals surface area contributed by atoms with E-state index in [9.17, 15) is 27.6 Å². The molecular weight excluding hydrogens is 386 g/mol. The maximum absolute atomic E-state index is 13.0. The van der Waals surface area contributed by atoms with Gasteiger partial charge in [-0.25, -0.2) is 18.1 Å². The summed E-state index contributed by atoms with van der Waals surface area (Å²) in [5.41, 5.74) is 0.477. The lowest BCUT2D eigenvalue weighted by Crippen LogP contribution is -2.48. The van der Waals surface area contributed by atoms with Crippen molar-refractivity contribution < 1.29 is 27.6 Å². The maximum atomic E-state index is 13.0. The molecule has 2 fully saturated rings. The number of carbonyl (C=O) groups is 4. The third-order valence-electron chi connectivity index (χ3n) is 4.75. The fourth-order valence-corrected chi connectivity index (χ4v) is 5.15. The smallest absolute Gasteiger partial charge is 0.307 e. The number of sulfone groups is 1. The highest BCUT2D eigenvalue weighted by atomic mass is 32.2. The Morgan fingerprint density at radius 3 is 2.32 bits per heavy atom. The first-order valence-corrected chi connectivity index (χ1v) is 10.8. The number of anilines is 1. The molecule has 9 nitrogen and oxygen atoms in total. The first-order valence-electron chi connectivity index (χ1n) is 9.00. The molecule has 28 heavy (non-hydrogen) atoms. The van der Waals surface area contributed by atoms with E-state index >= 15 is 0 Å². The number of benzene rings is 1. The van der Waals surface area contributed by atoms with Crippen LogP contribution >= 0.6 is 0 Å². The van der Waals surface area contributed by atoms with E-state index in [1.807, 2.05) is 0 Å². The minimum atomic E-state index is -3.26. The van der Waals surface area contributed by atoms with E-state index in [1.165, 1.54) is 4.90 Å². The first-order chi connectivity index (χ1) is 13.2. The van der Waals surface area contributed by atoms with Crippen molar-refractivity contribution in [1.29, 1.82) is 0 Å². The molecule has 0 spiro atoms. The summed E-state index contributed by atoms with van der Waals surface area (Å²) in [6.45, 7) is 1.24. The Kier molecular flexibility index (Phi) is 5.50. The lowest BCUT2D eigenvalue weighted by molar-refractivity contribution is -0.143. The molecule has 0 bridgehead atoms. The van der Waals surface area contributed by atoms with Gasteiger partial charge in [-0.05, 0) is 25.0 Å². The van der Waals surface area contributed by atoms with E-state index in [-0.39, 0.29) is 24.5 Å². The highest BCUT2D eigenvalue weighted by molar-refractivity contribution is 7.91. The summed E-state index contributed by atoms with van der Waals surface area (Å²) in [6, 6.07) is 7.07. The van der Waals surface area contributed by atoms with Gasteiger partial charge in [-0.3, -0.25) is 19.3 Å². The predicted molar refractivity (Wildman–Crippen MR) is 100 cm³/mol. The van der Waals surface area contributed by atoms with Crippen LogP contribution in [0.4, 0.5) is 10.5 Å². The number of imide groups is 2. The maximum Gasteiger partial charge on any atom is 0.334 e. The number of para-hydroxylation sites is 1. The van der Waals surface area contributed by atoms with Crippen LogP contribution in [0.25, 0.3) is 0 Å². The molecule has 0 unspecified atom stereocenters. The number of nitrogens with zero attached hydrogens (tertiary/aromatic N) is 3. The number of carbonyl (C=O) groups excluding carboxylic acids is 4. The second kappa shape index (κ2) is 7.70. The Morgan fingerprint density at radius 1 is 1.11 bits per heavy atom. The van der Waals surface area contributed by atoms with Gasteiger partial charge in [-0.2, -0.15) is 0 Å². The molecule has 2 aliphatic heterocycles. The minimum absolute atomic E-state index is 0.0291. The molecule has 0 N–H and O–H groups in total. The molecule has 150 valence electrons. The van der Waals surface area contributed by atoms with Crippen LogP contribution in [0.15, 0.2) is 30.3 Å². The van der Waals surface area contributed by atoms with Gasteiger partial charge >= 0.3 is 17.8 Å². The van der Waals surface area contributed by atoms with Crippen LogP contribution in [0.2, 0.25) is 0 Å². The second-order valence-corrected chi connectivity index (χ2v) is 9.02. The van der Waals surface area contributed by atoms with Crippen molar-refractivity contribution in [2.75, 3.05) is 29.5 Å². The van der Waals surface area contributed by atoms with Gasteiger partial charge in [-0.1, -0.05) is 25.1 Å². The second-order valence-electron chi connectivity index (χ2n) is 6.79. The molecule has 1 aromatic carbocycles. The van der Waals surface area contributed by atoms with Crippen molar-refractivity contribution in [1.82, 2.24) is 9.80 Å². The molecule has 3 rings (SSSR count). The van der Waals surface area contributed by atoms with Gasteiger partial charge < -0.3 is 4.90 Å². The summed E-state index contributed by atoms with van der Waals surface area (Å²) in [6.07, 6.45) is 0.758. The van der Waals surface area contributed by atoms with Gasteiger partial charge in [0.2, 0.25) is 5.91 Å². The Bertz CT molecular complexity index is 915. The fourth-order valence-electron chi connectivity index (χ4n) is 3.45. The van der Waals surface area contributed by atoms with Gasteiger partial charge in [0, 0.05) is 12.2 Å². The highest BCUT2D eigenvalue weighted by Crippen LogP contribution is 2.25. The Labute approximate surface area is 162 Å². The van der Waals surface area contributed by atoms with Crippen molar-refractivity contribution in [3.8, 4) is 0 Å². The van der Waals surface area contributed by atoms with Crippen LogP contribution in [0.3, 0.4) is 0 Å². The summed E-state index contributed by atoms with van der Waals surface area (Å²) < 4.78 is 23.8. The third-order valence-corrected chi connectivity index (χ3v) is 6.50. The van der Waals surface area contributed by atoms with Crippen molar-refractivity contribution in [3.05, 3.63) is 30.3 Å². The molecule has 1 aromatic rings. The van der Waals surface area contributed by atoms with Crippen LogP contribution in [-0.4, -0.2) is 72.6 Å². The molecule has 2 saturated heterocycles. The quantitative estimate of drug-likeness (QED) is 0.499.